The molecule has 3 aromatic rings. The second-order valence-electron chi connectivity index (χ2n) is 5.39. The second kappa shape index (κ2) is 8.80. The van der Waals surface area contributed by atoms with E-state index in [0.29, 0.717) is 16.3 Å². The molecule has 1 aromatic heterocycles. The molecule has 0 atom stereocenters. The Labute approximate surface area is 157 Å². The van der Waals surface area contributed by atoms with Crippen LogP contribution in [0, 0.1) is 11.8 Å². The van der Waals surface area contributed by atoms with E-state index < -0.39 is 0 Å². The summed E-state index contributed by atoms with van der Waals surface area (Å²) in [5.74, 6) is 6.13. The lowest BCUT2D eigenvalue weighted by Crippen LogP contribution is -2.23. The Morgan fingerprint density at radius 1 is 1.00 bits per heavy atom. The first-order chi connectivity index (χ1) is 12.7. The van der Waals surface area contributed by atoms with Crippen LogP contribution >= 0.6 is 11.6 Å². The van der Waals surface area contributed by atoms with Crippen molar-refractivity contribution in [3.05, 3.63) is 83.6 Å². The smallest absolute Gasteiger partial charge is 0.252 e. The maximum Gasteiger partial charge on any atom is 0.252 e. The number of aromatic nitrogens is 1. The number of carbonyl (C=O) groups is 1. The molecule has 0 unspecified atom stereocenters. The van der Waals surface area contributed by atoms with Crippen LogP contribution in [0.1, 0.15) is 10.4 Å². The molecule has 0 aliphatic carbocycles. The monoisotopic (exact) mass is 364 g/mol. The zero-order valence-corrected chi connectivity index (χ0v) is 14.7. The van der Waals surface area contributed by atoms with Crippen LogP contribution in [0.2, 0.25) is 5.02 Å². The number of hydrogen-bond acceptors (Lipinski definition) is 2. The van der Waals surface area contributed by atoms with E-state index in [-0.39, 0.29) is 19.1 Å². The van der Waals surface area contributed by atoms with Crippen LogP contribution in [0.15, 0.2) is 73.1 Å². The minimum Gasteiger partial charge on any atom is -0.479 e. The quantitative estimate of drug-likeness (QED) is 0.697. The van der Waals surface area contributed by atoms with Crippen LogP contribution in [-0.2, 0) is 0 Å². The van der Waals surface area contributed by atoms with E-state index in [0.717, 1.165) is 5.69 Å². The molecule has 0 radical (unpaired) electrons. The van der Waals surface area contributed by atoms with E-state index in [2.05, 4.69) is 17.2 Å². The number of hydrogen-bond donors (Lipinski definition) is 1. The molecule has 0 aliphatic rings. The summed E-state index contributed by atoms with van der Waals surface area (Å²) < 4.78 is 7.43. The first-order valence-electron chi connectivity index (χ1n) is 8.09. The number of para-hydroxylation sites is 1. The van der Waals surface area contributed by atoms with Gasteiger partial charge in [-0.3, -0.25) is 4.79 Å². The molecule has 0 fully saturated rings. The van der Waals surface area contributed by atoms with E-state index in [1.54, 1.807) is 24.3 Å². The van der Waals surface area contributed by atoms with Crippen LogP contribution in [0.25, 0.3) is 5.69 Å². The average molecular weight is 365 g/mol. The number of nitrogens with one attached hydrogen (secondary N) is 1. The van der Waals surface area contributed by atoms with Gasteiger partial charge in [0.1, 0.15) is 12.4 Å². The standard InChI is InChI=1S/C21H17ClN2O2/c22-19-7-1-2-8-20(19)26-16-6-3-13-23-21(25)17-9-11-18(12-10-17)24-14-4-5-15-24/h1-2,4-5,7-12,14-15H,13,16H2,(H,23,25). The Kier molecular flexibility index (Phi) is 5.97. The van der Waals surface area contributed by atoms with Crippen molar-refractivity contribution in [2.75, 3.05) is 13.2 Å². The maximum atomic E-state index is 12.1. The molecule has 130 valence electrons. The molecule has 1 amide bonds. The van der Waals surface area contributed by atoms with E-state index >= 15 is 0 Å². The summed E-state index contributed by atoms with van der Waals surface area (Å²) in [5.41, 5.74) is 1.60. The first kappa shape index (κ1) is 17.7. The zero-order chi connectivity index (χ0) is 18.2. The molecule has 0 aliphatic heterocycles. The highest BCUT2D eigenvalue weighted by Gasteiger charge is 2.04. The molecule has 0 bridgehead atoms. The van der Waals surface area contributed by atoms with E-state index in [1.807, 2.05) is 53.4 Å². The fourth-order valence-electron chi connectivity index (χ4n) is 2.31. The summed E-state index contributed by atoms with van der Waals surface area (Å²) in [6.07, 6.45) is 3.91. The van der Waals surface area contributed by atoms with Gasteiger partial charge in [-0.15, -0.1) is 0 Å². The van der Waals surface area contributed by atoms with E-state index in [4.69, 9.17) is 16.3 Å². The van der Waals surface area contributed by atoms with Crippen molar-refractivity contribution in [1.29, 1.82) is 0 Å². The van der Waals surface area contributed by atoms with Crippen LogP contribution in [-0.4, -0.2) is 23.6 Å². The summed E-state index contributed by atoms with van der Waals surface area (Å²) in [5, 5.41) is 3.31. The highest BCUT2D eigenvalue weighted by Crippen LogP contribution is 2.22. The number of carbonyl (C=O) groups excluding carboxylic acids is 1. The number of halogens is 1. The van der Waals surface area contributed by atoms with E-state index in [1.165, 1.54) is 0 Å². The Balaban J connectivity index is 1.45. The largest absolute Gasteiger partial charge is 0.479 e. The number of nitrogens with zero attached hydrogens (tertiary/aromatic N) is 1. The van der Waals surface area contributed by atoms with Gasteiger partial charge < -0.3 is 14.6 Å². The van der Waals surface area contributed by atoms with Gasteiger partial charge in [-0.25, -0.2) is 0 Å². The SMILES string of the molecule is O=C(NCC#CCOc1ccccc1Cl)c1ccc(-n2cccc2)cc1. The van der Waals surface area contributed by atoms with Gasteiger partial charge in [0.2, 0.25) is 0 Å². The molecule has 5 heteroatoms. The lowest BCUT2D eigenvalue weighted by atomic mass is 10.2. The second-order valence-corrected chi connectivity index (χ2v) is 5.80. The van der Waals surface area contributed by atoms with Gasteiger partial charge in [-0.05, 0) is 48.5 Å². The third-order valence-corrected chi connectivity index (χ3v) is 3.94. The van der Waals surface area contributed by atoms with Crippen molar-refractivity contribution < 1.29 is 9.53 Å². The number of amides is 1. The summed E-state index contributed by atoms with van der Waals surface area (Å²) in [4.78, 5) is 12.1. The summed E-state index contributed by atoms with van der Waals surface area (Å²) in [6, 6.07) is 18.5. The van der Waals surface area contributed by atoms with Gasteiger partial charge in [0, 0.05) is 23.6 Å². The lowest BCUT2D eigenvalue weighted by molar-refractivity contribution is 0.0958. The third-order valence-electron chi connectivity index (χ3n) is 3.63. The van der Waals surface area contributed by atoms with Gasteiger partial charge in [0.15, 0.2) is 0 Å². The van der Waals surface area contributed by atoms with Crippen LogP contribution in [0.5, 0.6) is 5.75 Å². The Morgan fingerprint density at radius 3 is 2.46 bits per heavy atom. The van der Waals surface area contributed by atoms with Gasteiger partial charge in [-0.1, -0.05) is 35.6 Å². The molecule has 1 N–H and O–H groups in total. The van der Waals surface area contributed by atoms with Gasteiger partial charge >= 0.3 is 0 Å². The molecule has 0 spiro atoms. The van der Waals surface area contributed by atoms with Gasteiger partial charge in [-0.2, -0.15) is 0 Å². The normalized spacial score (nSPS) is 9.88. The van der Waals surface area contributed by atoms with Crippen molar-refractivity contribution in [3.8, 4) is 23.3 Å². The molecular formula is C21H17ClN2O2. The first-order valence-corrected chi connectivity index (χ1v) is 8.46. The summed E-state index contributed by atoms with van der Waals surface area (Å²) >= 11 is 5.99. The molecule has 0 saturated heterocycles. The van der Waals surface area contributed by atoms with E-state index in [9.17, 15) is 4.79 Å². The Morgan fingerprint density at radius 2 is 1.73 bits per heavy atom. The fourth-order valence-corrected chi connectivity index (χ4v) is 2.50. The minimum atomic E-state index is -0.162. The third kappa shape index (κ3) is 4.69. The fraction of sp³-hybridized carbons (Fsp3) is 0.0952. The topological polar surface area (TPSA) is 43.3 Å². The molecule has 26 heavy (non-hydrogen) atoms. The zero-order valence-electron chi connectivity index (χ0n) is 14.0. The van der Waals surface area contributed by atoms with Crippen molar-refractivity contribution >= 4 is 17.5 Å². The summed E-state index contributed by atoms with van der Waals surface area (Å²) in [7, 11) is 0. The molecule has 0 saturated carbocycles. The van der Waals surface area contributed by atoms with Crippen LogP contribution in [0.3, 0.4) is 0 Å². The maximum absolute atomic E-state index is 12.1. The van der Waals surface area contributed by atoms with Gasteiger partial charge in [0.05, 0.1) is 11.6 Å². The van der Waals surface area contributed by atoms with Crippen molar-refractivity contribution in [2.45, 2.75) is 0 Å². The van der Waals surface area contributed by atoms with Crippen LogP contribution < -0.4 is 10.1 Å². The Bertz CT molecular complexity index is 923. The Hall–Kier alpha value is -3.16. The highest BCUT2D eigenvalue weighted by atomic mass is 35.5. The molecule has 2 aromatic carbocycles. The number of rotatable bonds is 5. The van der Waals surface area contributed by atoms with Crippen molar-refractivity contribution in [3.63, 3.8) is 0 Å². The number of benzene rings is 2. The van der Waals surface area contributed by atoms with Crippen molar-refractivity contribution in [2.24, 2.45) is 0 Å². The average Bonchev–Trinajstić information content (AvgIpc) is 3.20. The van der Waals surface area contributed by atoms with Gasteiger partial charge in [0.25, 0.3) is 5.91 Å². The van der Waals surface area contributed by atoms with Crippen LogP contribution in [0.4, 0.5) is 0 Å². The lowest BCUT2D eigenvalue weighted by Gasteiger charge is -2.05. The molecular weight excluding hydrogens is 348 g/mol. The predicted octanol–water partition coefficient (Wildman–Crippen LogP) is 3.94. The highest BCUT2D eigenvalue weighted by molar-refractivity contribution is 6.32. The summed E-state index contributed by atoms with van der Waals surface area (Å²) in [6.45, 7) is 0.467. The van der Waals surface area contributed by atoms with Crippen molar-refractivity contribution in [1.82, 2.24) is 9.88 Å². The molecule has 3 rings (SSSR count). The molecule has 4 nitrogen and oxygen atoms in total. The number of ether oxygens (including phenoxy) is 1. The molecule has 1 heterocycles. The predicted molar refractivity (Wildman–Crippen MR) is 103 cm³/mol. The minimum absolute atomic E-state index is 0.162.